The second-order valence-corrected chi connectivity index (χ2v) is 9.27. The van der Waals surface area contributed by atoms with E-state index in [0.29, 0.717) is 24.3 Å². The normalized spacial score (nSPS) is 10.8. The number of aldehydes is 2. The number of halogens is 6. The van der Waals surface area contributed by atoms with Crippen molar-refractivity contribution in [1.29, 1.82) is 0 Å². The Morgan fingerprint density at radius 1 is 0.413 bits per heavy atom. The van der Waals surface area contributed by atoms with E-state index in [0.717, 1.165) is 28.4 Å². The van der Waals surface area contributed by atoms with Crippen molar-refractivity contribution in [2.24, 2.45) is 0 Å². The smallest absolute Gasteiger partial charge is 0.204 e. The molecule has 0 bridgehead atoms. The monoisotopic (exact) mass is 650 g/mol. The molecule has 242 valence electrons. The van der Waals surface area contributed by atoms with Crippen LogP contribution in [0.1, 0.15) is 20.7 Å². The highest BCUT2D eigenvalue weighted by atomic mass is 19.2. The number of benzene rings is 4. The van der Waals surface area contributed by atoms with E-state index in [4.69, 9.17) is 28.4 Å². The summed E-state index contributed by atoms with van der Waals surface area (Å²) < 4.78 is 119. The summed E-state index contributed by atoms with van der Waals surface area (Å²) in [5, 5.41) is 0. The van der Waals surface area contributed by atoms with E-state index < -0.39 is 57.2 Å². The Morgan fingerprint density at radius 2 is 0.652 bits per heavy atom. The molecular weight excluding hydrogens is 626 g/mol. The van der Waals surface area contributed by atoms with Crippen LogP contribution in [0, 0.1) is 34.9 Å². The molecule has 0 N–H and O–H groups in total. The summed E-state index contributed by atoms with van der Waals surface area (Å²) in [5.41, 5.74) is -3.00. The molecule has 0 saturated heterocycles. The third-order valence-electron chi connectivity index (χ3n) is 7.07. The molecule has 0 unspecified atom stereocenters. The van der Waals surface area contributed by atoms with Crippen molar-refractivity contribution < 1.29 is 64.4 Å². The van der Waals surface area contributed by atoms with Crippen LogP contribution in [-0.2, 0) is 0 Å². The van der Waals surface area contributed by atoms with Gasteiger partial charge in [-0.05, 0) is 35.4 Å². The van der Waals surface area contributed by atoms with E-state index in [2.05, 4.69) is 0 Å². The number of carbonyl (C=O) groups excluding carboxylic acids is 2. The predicted molar refractivity (Wildman–Crippen MR) is 153 cm³/mol. The van der Waals surface area contributed by atoms with Crippen molar-refractivity contribution in [3.05, 3.63) is 70.3 Å². The Balaban J connectivity index is 2.39. The first-order valence-electron chi connectivity index (χ1n) is 12.9. The summed E-state index contributed by atoms with van der Waals surface area (Å²) in [5.74, 6) is -11.7. The second-order valence-electron chi connectivity index (χ2n) is 9.27. The van der Waals surface area contributed by atoms with E-state index in [-0.39, 0.29) is 69.3 Å². The minimum Gasteiger partial charge on any atom is -0.492 e. The molecule has 0 aliphatic rings. The summed E-state index contributed by atoms with van der Waals surface area (Å²) in [4.78, 5) is 26.0. The first kappa shape index (κ1) is 33.5. The lowest BCUT2D eigenvalue weighted by atomic mass is 9.84. The van der Waals surface area contributed by atoms with Crippen molar-refractivity contribution in [2.75, 3.05) is 42.7 Å². The van der Waals surface area contributed by atoms with Crippen LogP contribution in [0.2, 0.25) is 0 Å². The van der Waals surface area contributed by atoms with E-state index >= 15 is 0 Å². The van der Waals surface area contributed by atoms with E-state index in [1.54, 1.807) is 0 Å². The SMILES string of the molecule is COc1c(OC)c(-c2cc(F)c(F)c(F)c2)c(C=O)c(-c2c(C=O)c(-c3cc(F)c(F)c(F)c3)c(OC)c(OC)c2OC)c1OC. The molecule has 0 aliphatic heterocycles. The van der Waals surface area contributed by atoms with Gasteiger partial charge in [0.05, 0.1) is 42.7 Å². The minimum absolute atomic E-state index is 0.232. The van der Waals surface area contributed by atoms with Crippen LogP contribution in [0.3, 0.4) is 0 Å². The number of hydrogen-bond donors (Lipinski definition) is 0. The predicted octanol–water partition coefficient (Wildman–Crippen LogP) is 7.20. The van der Waals surface area contributed by atoms with Gasteiger partial charge < -0.3 is 28.4 Å². The highest BCUT2D eigenvalue weighted by molar-refractivity contribution is 6.10. The lowest BCUT2D eigenvalue weighted by molar-refractivity contribution is 0.111. The van der Waals surface area contributed by atoms with Gasteiger partial charge in [-0.3, -0.25) is 9.59 Å². The van der Waals surface area contributed by atoms with Crippen LogP contribution < -0.4 is 28.4 Å². The molecule has 4 aromatic carbocycles. The van der Waals surface area contributed by atoms with Crippen LogP contribution in [0.5, 0.6) is 34.5 Å². The van der Waals surface area contributed by atoms with Gasteiger partial charge in [0, 0.05) is 33.4 Å². The molecule has 0 heterocycles. The average molecular weight is 651 g/mol. The zero-order valence-electron chi connectivity index (χ0n) is 25.0. The molecule has 14 heteroatoms. The summed E-state index contributed by atoms with van der Waals surface area (Å²) >= 11 is 0. The number of methoxy groups -OCH3 is 6. The fraction of sp³-hybridized carbons (Fsp3) is 0.188. The third-order valence-corrected chi connectivity index (χ3v) is 7.07. The van der Waals surface area contributed by atoms with Gasteiger partial charge >= 0.3 is 0 Å². The van der Waals surface area contributed by atoms with E-state index in [1.807, 2.05) is 0 Å². The summed E-state index contributed by atoms with van der Waals surface area (Å²) in [6, 6.07) is 2.39. The van der Waals surface area contributed by atoms with E-state index in [9.17, 15) is 35.9 Å². The Labute approximate surface area is 258 Å². The number of carbonyl (C=O) groups is 2. The van der Waals surface area contributed by atoms with Gasteiger partial charge in [-0.1, -0.05) is 0 Å². The molecule has 4 aromatic rings. The zero-order valence-corrected chi connectivity index (χ0v) is 25.0. The fourth-order valence-corrected chi connectivity index (χ4v) is 5.25. The maximum absolute atomic E-state index is 14.5. The molecular formula is C32H24F6O8. The highest BCUT2D eigenvalue weighted by Gasteiger charge is 2.36. The Bertz CT molecular complexity index is 1690. The highest BCUT2D eigenvalue weighted by Crippen LogP contribution is 2.59. The van der Waals surface area contributed by atoms with Gasteiger partial charge in [-0.25, -0.2) is 26.3 Å². The molecule has 0 atom stereocenters. The number of rotatable bonds is 11. The lowest BCUT2D eigenvalue weighted by Crippen LogP contribution is -2.09. The number of hydrogen-bond acceptors (Lipinski definition) is 8. The van der Waals surface area contributed by atoms with Crippen molar-refractivity contribution in [1.82, 2.24) is 0 Å². The van der Waals surface area contributed by atoms with Gasteiger partial charge in [0.15, 0.2) is 70.5 Å². The quantitative estimate of drug-likeness (QED) is 0.0957. The molecule has 0 amide bonds. The van der Waals surface area contributed by atoms with Crippen molar-refractivity contribution in [3.8, 4) is 67.9 Å². The lowest BCUT2D eigenvalue weighted by Gasteiger charge is -2.26. The first-order valence-corrected chi connectivity index (χ1v) is 12.9. The van der Waals surface area contributed by atoms with Gasteiger partial charge in [0.1, 0.15) is 0 Å². The molecule has 0 aromatic heterocycles. The standard InChI is InChI=1S/C32H24F6O8/c1-41-27-21(13-7-17(33)25(37)18(34)8-13)15(11-39)23(29(43-3)31(27)45-5)24-16(12-40)22(14-9-19(35)26(38)20(36)10-14)28(42-2)32(46-6)30(24)44-4/h7-12H,1-6H3. The largest absolute Gasteiger partial charge is 0.492 e. The summed E-state index contributed by atoms with van der Waals surface area (Å²) in [7, 11) is 6.95. The molecule has 0 saturated carbocycles. The second kappa shape index (κ2) is 13.3. The van der Waals surface area contributed by atoms with Gasteiger partial charge in [-0.15, -0.1) is 0 Å². The van der Waals surface area contributed by atoms with Crippen molar-refractivity contribution >= 4 is 12.6 Å². The van der Waals surface area contributed by atoms with Gasteiger partial charge in [0.2, 0.25) is 11.5 Å². The zero-order chi connectivity index (χ0) is 34.0. The van der Waals surface area contributed by atoms with E-state index in [1.165, 1.54) is 14.2 Å². The molecule has 4 rings (SSSR count). The van der Waals surface area contributed by atoms with Gasteiger partial charge in [-0.2, -0.15) is 0 Å². The van der Waals surface area contributed by atoms with Crippen molar-refractivity contribution in [2.45, 2.75) is 0 Å². The van der Waals surface area contributed by atoms with Crippen LogP contribution in [0.15, 0.2) is 24.3 Å². The average Bonchev–Trinajstić information content (AvgIpc) is 3.05. The van der Waals surface area contributed by atoms with Crippen LogP contribution in [-0.4, -0.2) is 55.2 Å². The first-order chi connectivity index (χ1) is 22.0. The van der Waals surface area contributed by atoms with Crippen molar-refractivity contribution in [3.63, 3.8) is 0 Å². The molecule has 0 aliphatic carbocycles. The molecule has 8 nitrogen and oxygen atoms in total. The maximum Gasteiger partial charge on any atom is 0.204 e. The minimum atomic E-state index is -1.79. The fourth-order valence-electron chi connectivity index (χ4n) is 5.25. The molecule has 0 fully saturated rings. The summed E-state index contributed by atoms with van der Waals surface area (Å²) in [6.07, 6.45) is 0.464. The van der Waals surface area contributed by atoms with Crippen LogP contribution in [0.4, 0.5) is 26.3 Å². The Morgan fingerprint density at radius 3 is 0.870 bits per heavy atom. The Kier molecular flexibility index (Phi) is 9.69. The van der Waals surface area contributed by atoms with Crippen LogP contribution in [0.25, 0.3) is 33.4 Å². The maximum atomic E-state index is 14.5. The summed E-state index contributed by atoms with van der Waals surface area (Å²) in [6.45, 7) is 0. The number of ether oxygens (including phenoxy) is 6. The molecule has 0 radical (unpaired) electrons. The van der Waals surface area contributed by atoms with Gasteiger partial charge in [0.25, 0.3) is 0 Å². The Hall–Kier alpha value is -5.40. The molecule has 46 heavy (non-hydrogen) atoms. The molecule has 0 spiro atoms. The third kappa shape index (κ3) is 5.18. The topological polar surface area (TPSA) is 89.5 Å². The van der Waals surface area contributed by atoms with Crippen LogP contribution >= 0.6 is 0 Å².